The van der Waals surface area contributed by atoms with Gasteiger partial charge in [-0.05, 0) is 44.9 Å². The number of carboxylic acid groups (broad SMARTS) is 1. The Bertz CT molecular complexity index is 1230. The van der Waals surface area contributed by atoms with Crippen LogP contribution in [-0.4, -0.2) is 78.0 Å². The first-order valence-corrected chi connectivity index (χ1v) is 16.8. The third-order valence-corrected chi connectivity index (χ3v) is 8.92. The van der Waals surface area contributed by atoms with Gasteiger partial charge in [0.1, 0.15) is 11.7 Å². The fourth-order valence-corrected chi connectivity index (χ4v) is 5.76. The van der Waals surface area contributed by atoms with Gasteiger partial charge in [0.2, 0.25) is 0 Å². The molecule has 0 aromatic rings. The molecular weight excluding hydrogens is 620 g/mol. The maximum atomic E-state index is 12.9. The zero-order chi connectivity index (χ0) is 35.7. The van der Waals surface area contributed by atoms with Crippen molar-refractivity contribution >= 4 is 23.9 Å². The maximum absolute atomic E-state index is 12.9. The number of aliphatic hydroxyl groups is 1. The number of allylic oxidation sites excluding steroid dienone is 4. The summed E-state index contributed by atoms with van der Waals surface area (Å²) in [5.74, 6) is -3.61. The number of methoxy groups -OCH3 is 2. The molecule has 2 saturated heterocycles. The van der Waals surface area contributed by atoms with Crippen LogP contribution in [0.15, 0.2) is 60.3 Å². The second-order valence-electron chi connectivity index (χ2n) is 12.7. The molecule has 0 radical (unpaired) electrons. The lowest BCUT2D eigenvalue weighted by atomic mass is 9.78. The predicted octanol–water partition coefficient (Wildman–Crippen LogP) is 5.92. The molecule has 7 atom stereocenters. The summed E-state index contributed by atoms with van der Waals surface area (Å²) >= 11 is 0. The summed E-state index contributed by atoms with van der Waals surface area (Å²) in [7, 11) is 2.59. The van der Waals surface area contributed by atoms with Crippen LogP contribution in [0.4, 0.5) is 0 Å². The lowest BCUT2D eigenvalue weighted by molar-refractivity contribution is -0.344. The Labute approximate surface area is 284 Å². The van der Waals surface area contributed by atoms with Crippen LogP contribution < -0.4 is 0 Å². The Morgan fingerprint density at radius 1 is 0.958 bits per heavy atom. The normalized spacial score (nSPS) is 27.9. The van der Waals surface area contributed by atoms with E-state index in [0.717, 1.165) is 24.8 Å². The van der Waals surface area contributed by atoms with Gasteiger partial charge in [-0.1, -0.05) is 75.3 Å². The first-order valence-electron chi connectivity index (χ1n) is 16.8. The fraction of sp³-hybridized carbons (Fsp3) is 0.622. The van der Waals surface area contributed by atoms with Gasteiger partial charge >= 0.3 is 23.9 Å². The zero-order valence-corrected chi connectivity index (χ0v) is 29.2. The van der Waals surface area contributed by atoms with Crippen molar-refractivity contribution in [3.8, 4) is 0 Å². The number of aliphatic carboxylic acids is 1. The highest BCUT2D eigenvalue weighted by atomic mass is 16.7. The smallest absolute Gasteiger partial charge is 0.330 e. The molecule has 1 spiro atoms. The van der Waals surface area contributed by atoms with E-state index in [0.29, 0.717) is 32.1 Å². The number of esters is 3. The number of unbranched alkanes of at least 4 members (excludes halogenated alkanes) is 1. The number of hydrogen-bond acceptors (Lipinski definition) is 10. The van der Waals surface area contributed by atoms with E-state index < -0.39 is 47.5 Å². The van der Waals surface area contributed by atoms with Crippen LogP contribution in [0.3, 0.4) is 0 Å². The molecule has 0 aromatic heterocycles. The van der Waals surface area contributed by atoms with Gasteiger partial charge in [-0.15, -0.1) is 0 Å². The van der Waals surface area contributed by atoms with Crippen molar-refractivity contribution in [2.75, 3.05) is 14.2 Å². The number of rotatable bonds is 17. The van der Waals surface area contributed by atoms with Crippen LogP contribution in [0, 0.1) is 11.8 Å². The molecule has 2 rings (SSSR count). The molecule has 0 saturated carbocycles. The minimum absolute atomic E-state index is 0.154. The van der Waals surface area contributed by atoms with Crippen molar-refractivity contribution in [3.63, 3.8) is 0 Å². The molecule has 11 nitrogen and oxygen atoms in total. The molecule has 0 amide bonds. The Hall–Kier alpha value is -3.54. The molecule has 2 aliphatic heterocycles. The van der Waals surface area contributed by atoms with E-state index in [1.54, 1.807) is 31.2 Å². The molecule has 2 N–H and O–H groups in total. The van der Waals surface area contributed by atoms with E-state index in [1.165, 1.54) is 32.4 Å². The predicted molar refractivity (Wildman–Crippen MR) is 179 cm³/mol. The Morgan fingerprint density at radius 3 is 2.33 bits per heavy atom. The molecular formula is C37H54O11. The molecule has 48 heavy (non-hydrogen) atoms. The molecule has 0 unspecified atom stereocenters. The van der Waals surface area contributed by atoms with E-state index in [2.05, 4.69) is 22.5 Å². The number of carbonyl (C=O) groups is 4. The van der Waals surface area contributed by atoms with Gasteiger partial charge in [0.15, 0.2) is 5.79 Å². The van der Waals surface area contributed by atoms with Crippen LogP contribution in [-0.2, 0) is 42.9 Å². The molecule has 0 bridgehead atoms. The Kier molecular flexibility index (Phi) is 17.0. The van der Waals surface area contributed by atoms with E-state index >= 15 is 0 Å². The largest absolute Gasteiger partial charge is 0.481 e. The van der Waals surface area contributed by atoms with Gasteiger partial charge in [0.25, 0.3) is 0 Å². The van der Waals surface area contributed by atoms with Crippen molar-refractivity contribution in [2.45, 2.75) is 122 Å². The van der Waals surface area contributed by atoms with Crippen LogP contribution >= 0.6 is 0 Å². The standard InChI is InChI=1S/C37H54O11/c1-7-8-22-36(48-35(43)20-18-32(39)40)24-25-37(47-31(36)11-9-10-12-33(41)44-5)23-21-28(4)30(46-37)17-14-26(2)13-16-29(38)27(3)15-19-34(42)45-6/h9-16,19,27-31,38H,7-8,17-18,20-25H2,1-6H3,(H,39,40)/b11-9+,12-10+,16-13+,19-15+,26-14+/t27-,28-,29-,30+,31-,36+,37-/m0/s1. The summed E-state index contributed by atoms with van der Waals surface area (Å²) in [4.78, 5) is 47.0. The SMILES string of the molecule is CCCC[C@@]1(OC(=O)CCC(=O)O)CC[C@]2(CC[C@H](C)[C@@H](C/C=C(C)/C=C/[C@H](O)[C@@H](C)/C=C/C(=O)OC)O2)O[C@H]1/C=C/C=C/C(=O)OC. The highest BCUT2D eigenvalue weighted by Crippen LogP contribution is 2.48. The van der Waals surface area contributed by atoms with E-state index in [9.17, 15) is 24.3 Å². The first kappa shape index (κ1) is 40.6. The third kappa shape index (κ3) is 13.2. The molecule has 2 aliphatic rings. The van der Waals surface area contributed by atoms with Gasteiger partial charge in [-0.2, -0.15) is 0 Å². The third-order valence-electron chi connectivity index (χ3n) is 8.92. The van der Waals surface area contributed by atoms with Gasteiger partial charge in [0, 0.05) is 30.9 Å². The number of carbonyl (C=O) groups excluding carboxylic acids is 3. The zero-order valence-electron chi connectivity index (χ0n) is 29.2. The number of hydrogen-bond donors (Lipinski definition) is 2. The second kappa shape index (κ2) is 20.1. The van der Waals surface area contributed by atoms with Crippen molar-refractivity contribution < 1.29 is 53.1 Å². The van der Waals surface area contributed by atoms with E-state index in [4.69, 9.17) is 19.3 Å². The summed E-state index contributed by atoms with van der Waals surface area (Å²) in [6, 6.07) is 0. The van der Waals surface area contributed by atoms with Crippen molar-refractivity contribution in [1.82, 2.24) is 0 Å². The minimum Gasteiger partial charge on any atom is -0.481 e. The molecule has 0 aromatic carbocycles. The fourth-order valence-electron chi connectivity index (χ4n) is 5.76. The number of carboxylic acids is 1. The van der Waals surface area contributed by atoms with Crippen molar-refractivity contribution in [1.29, 1.82) is 0 Å². The lowest BCUT2D eigenvalue weighted by Gasteiger charge is -2.53. The van der Waals surface area contributed by atoms with Gasteiger partial charge in [-0.3, -0.25) is 9.59 Å². The van der Waals surface area contributed by atoms with Gasteiger partial charge < -0.3 is 33.9 Å². The topological polar surface area (TPSA) is 155 Å². The molecule has 0 aliphatic carbocycles. The summed E-state index contributed by atoms with van der Waals surface area (Å²) in [5, 5.41) is 19.6. The van der Waals surface area contributed by atoms with E-state index in [-0.39, 0.29) is 30.8 Å². The van der Waals surface area contributed by atoms with E-state index in [1.807, 2.05) is 19.9 Å². The molecule has 11 heteroatoms. The lowest BCUT2D eigenvalue weighted by Crippen LogP contribution is -2.59. The van der Waals surface area contributed by atoms with Crippen LogP contribution in [0.5, 0.6) is 0 Å². The Morgan fingerprint density at radius 2 is 1.67 bits per heavy atom. The summed E-state index contributed by atoms with van der Waals surface area (Å²) in [6.45, 7) is 7.94. The van der Waals surface area contributed by atoms with Gasteiger partial charge in [-0.25, -0.2) is 9.59 Å². The quantitative estimate of drug-likeness (QED) is 0.0818. The highest BCUT2D eigenvalue weighted by molar-refractivity contribution is 5.82. The monoisotopic (exact) mass is 674 g/mol. The van der Waals surface area contributed by atoms with Crippen LogP contribution in [0.25, 0.3) is 0 Å². The number of aliphatic hydroxyl groups excluding tert-OH is 1. The molecule has 2 fully saturated rings. The van der Waals surface area contributed by atoms with Gasteiger partial charge in [0.05, 0.1) is 39.3 Å². The van der Waals surface area contributed by atoms with Crippen molar-refractivity contribution in [3.05, 3.63) is 60.3 Å². The minimum atomic E-state index is -1.08. The maximum Gasteiger partial charge on any atom is 0.330 e. The summed E-state index contributed by atoms with van der Waals surface area (Å²) < 4.78 is 28.9. The summed E-state index contributed by atoms with van der Waals surface area (Å²) in [5.41, 5.74) is -0.0807. The summed E-state index contributed by atoms with van der Waals surface area (Å²) in [6.07, 6.45) is 17.7. The molecule has 2 heterocycles. The second-order valence-corrected chi connectivity index (χ2v) is 12.7. The van der Waals surface area contributed by atoms with Crippen molar-refractivity contribution in [2.24, 2.45) is 11.8 Å². The van der Waals surface area contributed by atoms with Crippen LogP contribution in [0.1, 0.15) is 91.9 Å². The molecule has 268 valence electrons. The first-order chi connectivity index (χ1) is 22.8. The average molecular weight is 675 g/mol. The Balaban J connectivity index is 2.27. The van der Waals surface area contributed by atoms with Crippen LogP contribution in [0.2, 0.25) is 0 Å². The number of ether oxygens (including phenoxy) is 5. The highest BCUT2D eigenvalue weighted by Gasteiger charge is 2.54. The average Bonchev–Trinajstić information content (AvgIpc) is 3.07.